The van der Waals surface area contributed by atoms with Crippen LogP contribution in [0.2, 0.25) is 0 Å². The van der Waals surface area contributed by atoms with Crippen LogP contribution in [0.5, 0.6) is 5.75 Å². The number of hydrogen-bond acceptors (Lipinski definition) is 6. The standard InChI is InChI=1S/C20H31N3O6/c1-13(2)11-20(27,14(3)23(28)12-24)19(26)22-17(18(25)21-4)10-15-6-8-16(29-5)9-7-15/h6-9,12-14,17,27-28H,10-11H2,1-5H3,(H,21,25)(H,22,26). The predicted molar refractivity (Wildman–Crippen MR) is 106 cm³/mol. The molecular weight excluding hydrogens is 378 g/mol. The lowest BCUT2D eigenvalue weighted by molar-refractivity contribution is -0.190. The molecule has 0 aliphatic heterocycles. The van der Waals surface area contributed by atoms with E-state index in [1.54, 1.807) is 45.2 Å². The Morgan fingerprint density at radius 3 is 2.28 bits per heavy atom. The van der Waals surface area contributed by atoms with Crippen molar-refractivity contribution in [1.29, 1.82) is 0 Å². The Bertz CT molecular complexity index is 694. The average molecular weight is 409 g/mol. The van der Waals surface area contributed by atoms with Crippen molar-refractivity contribution in [2.75, 3.05) is 14.2 Å². The van der Waals surface area contributed by atoms with Crippen LogP contribution in [0.4, 0.5) is 0 Å². The molecule has 29 heavy (non-hydrogen) atoms. The molecule has 0 saturated heterocycles. The zero-order valence-electron chi connectivity index (χ0n) is 17.5. The van der Waals surface area contributed by atoms with E-state index in [2.05, 4.69) is 10.6 Å². The molecule has 0 bridgehead atoms. The number of hydrogen-bond donors (Lipinski definition) is 4. The van der Waals surface area contributed by atoms with Gasteiger partial charge in [0, 0.05) is 13.5 Å². The van der Waals surface area contributed by atoms with Crippen molar-refractivity contribution >= 4 is 18.2 Å². The van der Waals surface area contributed by atoms with Crippen molar-refractivity contribution in [3.8, 4) is 5.75 Å². The van der Waals surface area contributed by atoms with Crippen molar-refractivity contribution in [3.63, 3.8) is 0 Å². The zero-order chi connectivity index (χ0) is 22.2. The zero-order valence-corrected chi connectivity index (χ0v) is 17.5. The van der Waals surface area contributed by atoms with Crippen LogP contribution < -0.4 is 15.4 Å². The smallest absolute Gasteiger partial charge is 0.254 e. The summed E-state index contributed by atoms with van der Waals surface area (Å²) >= 11 is 0. The van der Waals surface area contributed by atoms with E-state index in [9.17, 15) is 24.7 Å². The summed E-state index contributed by atoms with van der Waals surface area (Å²) in [7, 11) is 2.99. The molecule has 0 aromatic heterocycles. The molecule has 3 atom stereocenters. The number of ether oxygens (including phenoxy) is 1. The minimum absolute atomic E-state index is 0.0199. The van der Waals surface area contributed by atoms with Crippen LogP contribution in [0, 0.1) is 5.92 Å². The Balaban J connectivity index is 3.11. The number of hydroxylamine groups is 2. The molecule has 0 fully saturated rings. The Kier molecular flexibility index (Phi) is 9.06. The molecule has 0 aliphatic carbocycles. The van der Waals surface area contributed by atoms with Crippen LogP contribution in [-0.2, 0) is 20.8 Å². The number of benzene rings is 1. The normalized spacial score (nSPS) is 15.0. The van der Waals surface area contributed by atoms with Gasteiger partial charge in [-0.15, -0.1) is 0 Å². The molecule has 4 N–H and O–H groups in total. The van der Waals surface area contributed by atoms with Gasteiger partial charge < -0.3 is 20.5 Å². The predicted octanol–water partition coefficient (Wildman–Crippen LogP) is 0.482. The molecule has 0 spiro atoms. The second kappa shape index (κ2) is 10.8. The van der Waals surface area contributed by atoms with Crippen molar-refractivity contribution in [3.05, 3.63) is 29.8 Å². The Labute approximate surface area is 171 Å². The summed E-state index contributed by atoms with van der Waals surface area (Å²) in [5.74, 6) is -0.744. The average Bonchev–Trinajstić information content (AvgIpc) is 2.71. The lowest BCUT2D eigenvalue weighted by Gasteiger charge is -2.37. The van der Waals surface area contributed by atoms with Gasteiger partial charge in [-0.05, 0) is 37.0 Å². The van der Waals surface area contributed by atoms with Crippen LogP contribution >= 0.6 is 0 Å². The minimum atomic E-state index is -2.09. The Hall–Kier alpha value is -2.65. The van der Waals surface area contributed by atoms with Gasteiger partial charge in [0.25, 0.3) is 5.91 Å². The van der Waals surface area contributed by atoms with E-state index in [4.69, 9.17) is 4.74 Å². The van der Waals surface area contributed by atoms with Crippen LogP contribution in [0.1, 0.15) is 32.8 Å². The minimum Gasteiger partial charge on any atom is -0.497 e. The van der Waals surface area contributed by atoms with Gasteiger partial charge in [-0.25, -0.2) is 5.06 Å². The van der Waals surface area contributed by atoms with E-state index in [-0.39, 0.29) is 30.2 Å². The SMILES string of the molecule is CNC(=O)C(Cc1ccc(OC)cc1)NC(=O)C(O)(CC(C)C)C(C)N(O)C=O. The molecule has 1 aromatic carbocycles. The number of nitrogens with zero attached hydrogens (tertiary/aromatic N) is 1. The number of amides is 3. The molecule has 9 nitrogen and oxygen atoms in total. The van der Waals surface area contributed by atoms with E-state index in [1.807, 2.05) is 0 Å². The highest BCUT2D eigenvalue weighted by atomic mass is 16.5. The van der Waals surface area contributed by atoms with Gasteiger partial charge in [-0.3, -0.25) is 19.6 Å². The summed E-state index contributed by atoms with van der Waals surface area (Å²) in [6.07, 6.45) is 0.281. The summed E-state index contributed by atoms with van der Waals surface area (Å²) in [5.41, 5.74) is -1.31. The first-order chi connectivity index (χ1) is 13.6. The van der Waals surface area contributed by atoms with Crippen molar-refractivity contribution in [2.24, 2.45) is 5.92 Å². The summed E-state index contributed by atoms with van der Waals surface area (Å²) < 4.78 is 5.11. The van der Waals surface area contributed by atoms with Gasteiger partial charge >= 0.3 is 0 Å². The molecule has 9 heteroatoms. The quantitative estimate of drug-likeness (QED) is 0.239. The number of likely N-dealkylation sites (N-methyl/N-ethyl adjacent to an activating group) is 1. The molecule has 0 heterocycles. The third-order valence-corrected chi connectivity index (χ3v) is 4.78. The number of aliphatic hydroxyl groups is 1. The van der Waals surface area contributed by atoms with Crippen LogP contribution in [0.3, 0.4) is 0 Å². The van der Waals surface area contributed by atoms with Gasteiger partial charge in [0.05, 0.1) is 13.2 Å². The molecular formula is C20H31N3O6. The highest BCUT2D eigenvalue weighted by Gasteiger charge is 2.45. The van der Waals surface area contributed by atoms with E-state index < -0.39 is 29.5 Å². The van der Waals surface area contributed by atoms with E-state index >= 15 is 0 Å². The monoisotopic (exact) mass is 409 g/mol. The first kappa shape index (κ1) is 24.4. The van der Waals surface area contributed by atoms with E-state index in [1.165, 1.54) is 14.0 Å². The number of carbonyl (C=O) groups excluding carboxylic acids is 3. The maximum Gasteiger partial charge on any atom is 0.254 e. The number of methoxy groups -OCH3 is 1. The Morgan fingerprint density at radius 2 is 1.83 bits per heavy atom. The van der Waals surface area contributed by atoms with Crippen molar-refractivity contribution in [1.82, 2.24) is 15.7 Å². The fraction of sp³-hybridized carbons (Fsp3) is 0.550. The van der Waals surface area contributed by atoms with Crippen LogP contribution in [-0.4, -0.2) is 65.4 Å². The summed E-state index contributed by atoms with van der Waals surface area (Å²) in [6, 6.07) is 4.84. The number of nitrogens with one attached hydrogen (secondary N) is 2. The van der Waals surface area contributed by atoms with Gasteiger partial charge in [-0.1, -0.05) is 26.0 Å². The van der Waals surface area contributed by atoms with Crippen LogP contribution in [0.25, 0.3) is 0 Å². The van der Waals surface area contributed by atoms with Crippen LogP contribution in [0.15, 0.2) is 24.3 Å². The fourth-order valence-electron chi connectivity index (χ4n) is 3.05. The Morgan fingerprint density at radius 1 is 1.24 bits per heavy atom. The first-order valence-electron chi connectivity index (χ1n) is 9.39. The summed E-state index contributed by atoms with van der Waals surface area (Å²) in [4.78, 5) is 36.2. The molecule has 162 valence electrons. The van der Waals surface area contributed by atoms with Crippen molar-refractivity contribution < 1.29 is 29.4 Å². The molecule has 1 rings (SSSR count). The topological polar surface area (TPSA) is 128 Å². The van der Waals surface area contributed by atoms with Gasteiger partial charge in [0.15, 0.2) is 5.60 Å². The third-order valence-electron chi connectivity index (χ3n) is 4.78. The highest BCUT2D eigenvalue weighted by Crippen LogP contribution is 2.24. The molecule has 0 radical (unpaired) electrons. The molecule has 3 amide bonds. The summed E-state index contributed by atoms with van der Waals surface area (Å²) in [6.45, 7) is 4.94. The molecule has 1 aromatic rings. The second-order valence-electron chi connectivity index (χ2n) is 7.38. The van der Waals surface area contributed by atoms with Gasteiger partial charge in [0.2, 0.25) is 12.3 Å². The largest absolute Gasteiger partial charge is 0.497 e. The highest BCUT2D eigenvalue weighted by molar-refractivity contribution is 5.92. The second-order valence-corrected chi connectivity index (χ2v) is 7.38. The maximum atomic E-state index is 13.0. The number of rotatable bonds is 11. The fourth-order valence-corrected chi connectivity index (χ4v) is 3.05. The van der Waals surface area contributed by atoms with Gasteiger partial charge in [0.1, 0.15) is 11.8 Å². The summed E-state index contributed by atoms with van der Waals surface area (Å²) in [5, 5.41) is 26.1. The van der Waals surface area contributed by atoms with E-state index in [0.29, 0.717) is 5.75 Å². The van der Waals surface area contributed by atoms with E-state index in [0.717, 1.165) is 5.56 Å². The van der Waals surface area contributed by atoms with Crippen molar-refractivity contribution in [2.45, 2.75) is 51.3 Å². The molecule has 3 unspecified atom stereocenters. The number of carbonyl (C=O) groups is 3. The lowest BCUT2D eigenvalue weighted by atomic mass is 9.85. The van der Waals surface area contributed by atoms with Gasteiger partial charge in [-0.2, -0.15) is 0 Å². The third kappa shape index (κ3) is 6.43. The lowest BCUT2D eigenvalue weighted by Crippen LogP contribution is -2.62. The maximum absolute atomic E-state index is 13.0. The molecule has 0 aliphatic rings. The molecule has 0 saturated carbocycles. The first-order valence-corrected chi connectivity index (χ1v) is 9.39.